The molecule has 4 rings (SSSR count). The van der Waals surface area contributed by atoms with Crippen LogP contribution in [-0.2, 0) is 6.11 Å². The fourth-order valence-electron chi connectivity index (χ4n) is 3.36. The molecule has 1 aliphatic rings. The standard InChI is InChI=1S/C19H14F5NOS/c20-13-8-12(9-14(21)17(13)22)26-19(23,24)18-25-15-6-5-11(7-16(15)27-18)10-3-1-2-4-10/h5-10H,1-4H2. The zero-order chi connectivity index (χ0) is 19.2. The van der Waals surface area contributed by atoms with Gasteiger partial charge in [-0.1, -0.05) is 18.9 Å². The van der Waals surface area contributed by atoms with Crippen LogP contribution in [0.15, 0.2) is 30.3 Å². The van der Waals surface area contributed by atoms with Crippen LogP contribution in [0.4, 0.5) is 22.0 Å². The molecular weight excluding hydrogens is 385 g/mol. The number of rotatable bonds is 4. The Kier molecular flexibility index (Phi) is 4.53. The average Bonchev–Trinajstić information content (AvgIpc) is 3.28. The van der Waals surface area contributed by atoms with Gasteiger partial charge in [0, 0.05) is 12.1 Å². The lowest BCUT2D eigenvalue weighted by molar-refractivity contribution is -0.185. The van der Waals surface area contributed by atoms with Crippen molar-refractivity contribution in [3.8, 4) is 5.75 Å². The van der Waals surface area contributed by atoms with E-state index in [1.165, 1.54) is 0 Å². The number of benzene rings is 2. The van der Waals surface area contributed by atoms with Gasteiger partial charge in [0.15, 0.2) is 17.5 Å². The molecule has 1 saturated carbocycles. The van der Waals surface area contributed by atoms with E-state index in [-0.39, 0.29) is 0 Å². The molecule has 3 aromatic rings. The highest BCUT2D eigenvalue weighted by Gasteiger charge is 2.39. The number of ether oxygens (including phenoxy) is 1. The normalized spacial score (nSPS) is 15.6. The maximum absolute atomic E-state index is 14.4. The van der Waals surface area contributed by atoms with E-state index >= 15 is 0 Å². The Morgan fingerprint density at radius 1 is 1.00 bits per heavy atom. The number of alkyl halides is 2. The Hall–Kier alpha value is -2.22. The topological polar surface area (TPSA) is 22.1 Å². The Labute approximate surface area is 155 Å². The molecule has 27 heavy (non-hydrogen) atoms. The summed E-state index contributed by atoms with van der Waals surface area (Å²) in [5.41, 5.74) is 1.50. The van der Waals surface area contributed by atoms with Crippen molar-refractivity contribution in [3.63, 3.8) is 0 Å². The minimum absolute atomic E-state index is 0.373. The van der Waals surface area contributed by atoms with Crippen LogP contribution >= 0.6 is 11.3 Å². The summed E-state index contributed by atoms with van der Waals surface area (Å²) in [7, 11) is 0. The van der Waals surface area contributed by atoms with E-state index in [9.17, 15) is 22.0 Å². The highest BCUT2D eigenvalue weighted by Crippen LogP contribution is 2.40. The first kappa shape index (κ1) is 18.2. The van der Waals surface area contributed by atoms with Crippen molar-refractivity contribution < 1.29 is 26.7 Å². The molecule has 0 bridgehead atoms. The molecule has 142 valence electrons. The minimum atomic E-state index is -3.91. The third-order valence-corrected chi connectivity index (χ3v) is 5.76. The molecule has 0 N–H and O–H groups in total. The molecule has 1 aliphatic carbocycles. The van der Waals surface area contributed by atoms with Crippen LogP contribution in [0, 0.1) is 17.5 Å². The van der Waals surface area contributed by atoms with Crippen molar-refractivity contribution in [3.05, 3.63) is 58.4 Å². The first-order valence-electron chi connectivity index (χ1n) is 8.46. The monoisotopic (exact) mass is 399 g/mol. The van der Waals surface area contributed by atoms with E-state index in [4.69, 9.17) is 0 Å². The summed E-state index contributed by atoms with van der Waals surface area (Å²) in [6.07, 6.45) is 0.574. The molecule has 0 atom stereocenters. The van der Waals surface area contributed by atoms with E-state index < -0.39 is 34.3 Å². The van der Waals surface area contributed by atoms with Gasteiger partial charge < -0.3 is 4.74 Å². The Morgan fingerprint density at radius 2 is 1.67 bits per heavy atom. The van der Waals surface area contributed by atoms with Crippen LogP contribution in [0.1, 0.15) is 42.2 Å². The molecule has 1 heterocycles. The molecule has 0 saturated heterocycles. The summed E-state index contributed by atoms with van der Waals surface area (Å²) < 4.78 is 73.3. The van der Waals surface area contributed by atoms with Crippen molar-refractivity contribution in [1.82, 2.24) is 4.98 Å². The van der Waals surface area contributed by atoms with Gasteiger partial charge in [0.25, 0.3) is 0 Å². The smallest absolute Gasteiger partial charge is 0.427 e. The first-order valence-corrected chi connectivity index (χ1v) is 9.27. The fourth-order valence-corrected chi connectivity index (χ4v) is 4.29. The lowest BCUT2D eigenvalue weighted by Crippen LogP contribution is -2.21. The number of aromatic nitrogens is 1. The number of fused-ring (bicyclic) bond motifs is 1. The lowest BCUT2D eigenvalue weighted by Gasteiger charge is -2.15. The van der Waals surface area contributed by atoms with E-state index in [0.717, 1.165) is 42.6 Å². The van der Waals surface area contributed by atoms with Gasteiger partial charge in [0.05, 0.1) is 10.2 Å². The van der Waals surface area contributed by atoms with Crippen LogP contribution in [0.2, 0.25) is 0 Å². The second-order valence-electron chi connectivity index (χ2n) is 6.55. The highest BCUT2D eigenvalue weighted by molar-refractivity contribution is 7.18. The highest BCUT2D eigenvalue weighted by atomic mass is 32.1. The van der Waals surface area contributed by atoms with Gasteiger partial charge >= 0.3 is 6.11 Å². The van der Waals surface area contributed by atoms with Crippen LogP contribution < -0.4 is 4.74 Å². The van der Waals surface area contributed by atoms with Gasteiger partial charge in [-0.2, -0.15) is 8.78 Å². The summed E-state index contributed by atoms with van der Waals surface area (Å²) in [4.78, 5) is 3.89. The van der Waals surface area contributed by atoms with E-state index in [2.05, 4.69) is 9.72 Å². The quantitative estimate of drug-likeness (QED) is 0.369. The van der Waals surface area contributed by atoms with Crippen molar-refractivity contribution in [2.45, 2.75) is 37.7 Å². The summed E-state index contributed by atoms with van der Waals surface area (Å²) in [5.74, 6) is -5.34. The van der Waals surface area contributed by atoms with Crippen molar-refractivity contribution in [1.29, 1.82) is 0 Å². The number of hydrogen-bond donors (Lipinski definition) is 0. The predicted octanol–water partition coefficient (Wildman–Crippen LogP) is 6.50. The lowest BCUT2D eigenvalue weighted by atomic mass is 9.98. The van der Waals surface area contributed by atoms with Crippen LogP contribution in [-0.4, -0.2) is 4.98 Å². The van der Waals surface area contributed by atoms with Gasteiger partial charge in [-0.3, -0.25) is 0 Å². The summed E-state index contributed by atoms with van der Waals surface area (Å²) >= 11 is 0.760. The zero-order valence-electron chi connectivity index (χ0n) is 13.9. The summed E-state index contributed by atoms with van der Waals surface area (Å²) in [5, 5.41) is -0.633. The number of hydrogen-bond acceptors (Lipinski definition) is 3. The molecule has 0 unspecified atom stereocenters. The maximum atomic E-state index is 14.4. The van der Waals surface area contributed by atoms with Crippen LogP contribution in [0.25, 0.3) is 10.2 Å². The average molecular weight is 399 g/mol. The first-order chi connectivity index (χ1) is 12.8. The Bertz CT molecular complexity index is 974. The molecular formula is C19H14F5NOS. The fraction of sp³-hybridized carbons (Fsp3) is 0.316. The maximum Gasteiger partial charge on any atom is 0.454 e. The molecule has 1 fully saturated rings. The Balaban J connectivity index is 1.63. The second kappa shape index (κ2) is 6.74. The van der Waals surface area contributed by atoms with E-state index in [1.807, 2.05) is 12.1 Å². The van der Waals surface area contributed by atoms with Crippen molar-refractivity contribution >= 4 is 21.6 Å². The van der Waals surface area contributed by atoms with Gasteiger partial charge in [0.1, 0.15) is 5.75 Å². The SMILES string of the molecule is Fc1cc(OC(F)(F)c2nc3ccc(C4CCCC4)cc3s2)cc(F)c1F. The van der Waals surface area contributed by atoms with Gasteiger partial charge in [-0.05, 0) is 36.5 Å². The number of thiazole rings is 1. The van der Waals surface area contributed by atoms with Gasteiger partial charge in [-0.15, -0.1) is 11.3 Å². The zero-order valence-corrected chi connectivity index (χ0v) is 14.8. The summed E-state index contributed by atoms with van der Waals surface area (Å²) in [6.45, 7) is 0. The van der Waals surface area contributed by atoms with Crippen LogP contribution in [0.3, 0.4) is 0 Å². The minimum Gasteiger partial charge on any atom is -0.427 e. The van der Waals surface area contributed by atoms with Gasteiger partial charge in [0.2, 0.25) is 5.01 Å². The van der Waals surface area contributed by atoms with Gasteiger partial charge in [-0.25, -0.2) is 18.2 Å². The van der Waals surface area contributed by atoms with E-state index in [0.29, 0.717) is 28.3 Å². The molecule has 2 aromatic carbocycles. The molecule has 1 aromatic heterocycles. The van der Waals surface area contributed by atoms with Crippen LogP contribution in [0.5, 0.6) is 5.75 Å². The second-order valence-corrected chi connectivity index (χ2v) is 7.58. The molecule has 2 nitrogen and oxygen atoms in total. The molecule has 0 amide bonds. The largest absolute Gasteiger partial charge is 0.454 e. The molecule has 0 spiro atoms. The number of halogens is 5. The molecule has 0 radical (unpaired) electrons. The molecule has 0 aliphatic heterocycles. The Morgan fingerprint density at radius 3 is 2.33 bits per heavy atom. The van der Waals surface area contributed by atoms with Crippen molar-refractivity contribution in [2.24, 2.45) is 0 Å². The van der Waals surface area contributed by atoms with Crippen molar-refractivity contribution in [2.75, 3.05) is 0 Å². The third kappa shape index (κ3) is 3.50. The number of nitrogens with zero attached hydrogens (tertiary/aromatic N) is 1. The van der Waals surface area contributed by atoms with E-state index in [1.54, 1.807) is 6.07 Å². The predicted molar refractivity (Wildman–Crippen MR) is 91.7 cm³/mol. The third-order valence-electron chi connectivity index (χ3n) is 4.69. The molecule has 8 heteroatoms. The summed E-state index contributed by atoms with van der Waals surface area (Å²) in [6, 6.07) is 6.19.